The largest absolute Gasteiger partial charge is 0.393 e. The molecule has 1 aromatic carbocycles. The predicted octanol–water partition coefficient (Wildman–Crippen LogP) is 2.92. The van der Waals surface area contributed by atoms with E-state index in [4.69, 9.17) is 11.6 Å². The second-order valence-electron chi connectivity index (χ2n) is 3.72. The molecule has 15 heavy (non-hydrogen) atoms. The summed E-state index contributed by atoms with van der Waals surface area (Å²) in [6.45, 7) is 2.01. The second-order valence-corrected chi connectivity index (χ2v) is 4.12. The highest BCUT2D eigenvalue weighted by Crippen LogP contribution is 2.26. The lowest BCUT2D eigenvalue weighted by atomic mass is 10.0. The molecule has 0 spiro atoms. The van der Waals surface area contributed by atoms with Gasteiger partial charge in [0.05, 0.1) is 12.2 Å². The highest BCUT2D eigenvalue weighted by molar-refractivity contribution is 6.31. The Kier molecular flexibility index (Phi) is 5.09. The first-order valence-electron chi connectivity index (χ1n) is 5.25. The summed E-state index contributed by atoms with van der Waals surface area (Å²) in [4.78, 5) is 0. The van der Waals surface area contributed by atoms with Crippen molar-refractivity contribution in [3.05, 3.63) is 34.9 Å². The minimum absolute atomic E-state index is 0.345. The summed E-state index contributed by atoms with van der Waals surface area (Å²) in [7, 11) is 0. The van der Waals surface area contributed by atoms with Gasteiger partial charge in [0.15, 0.2) is 0 Å². The Morgan fingerprint density at radius 3 is 2.53 bits per heavy atom. The maximum atomic E-state index is 9.85. The first-order valence-corrected chi connectivity index (χ1v) is 5.63. The van der Waals surface area contributed by atoms with Crippen molar-refractivity contribution in [1.82, 2.24) is 0 Å². The van der Waals surface area contributed by atoms with Crippen LogP contribution in [0.1, 0.15) is 37.9 Å². The van der Waals surface area contributed by atoms with E-state index in [1.807, 2.05) is 19.1 Å². The number of hydrogen-bond acceptors (Lipinski definition) is 2. The van der Waals surface area contributed by atoms with Crippen molar-refractivity contribution in [3.8, 4) is 0 Å². The van der Waals surface area contributed by atoms with E-state index in [2.05, 4.69) is 0 Å². The average molecular weight is 229 g/mol. The lowest BCUT2D eigenvalue weighted by Gasteiger charge is -2.16. The third-order valence-electron chi connectivity index (χ3n) is 2.38. The SMILES string of the molecule is CCC[C@@H](O)C[C@@H](O)c1ccccc1Cl. The minimum Gasteiger partial charge on any atom is -0.393 e. The normalized spacial score (nSPS) is 14.9. The van der Waals surface area contributed by atoms with Gasteiger partial charge in [0.1, 0.15) is 0 Å². The van der Waals surface area contributed by atoms with Crippen LogP contribution in [0.2, 0.25) is 5.02 Å². The maximum absolute atomic E-state index is 9.85. The first kappa shape index (κ1) is 12.5. The fraction of sp³-hybridized carbons (Fsp3) is 0.500. The zero-order chi connectivity index (χ0) is 11.3. The Morgan fingerprint density at radius 1 is 1.27 bits per heavy atom. The molecule has 0 aliphatic carbocycles. The molecule has 2 nitrogen and oxygen atoms in total. The summed E-state index contributed by atoms with van der Waals surface area (Å²) in [5, 5.41) is 20.0. The summed E-state index contributed by atoms with van der Waals surface area (Å²) in [6.07, 6.45) is 0.830. The molecule has 2 atom stereocenters. The Morgan fingerprint density at radius 2 is 1.93 bits per heavy atom. The van der Waals surface area contributed by atoms with Crippen LogP contribution in [0.15, 0.2) is 24.3 Å². The van der Waals surface area contributed by atoms with Crippen molar-refractivity contribution in [2.75, 3.05) is 0 Å². The van der Waals surface area contributed by atoms with Crippen LogP contribution in [0.5, 0.6) is 0 Å². The van der Waals surface area contributed by atoms with Gasteiger partial charge in [-0.2, -0.15) is 0 Å². The van der Waals surface area contributed by atoms with Gasteiger partial charge in [0.25, 0.3) is 0 Å². The highest BCUT2D eigenvalue weighted by atomic mass is 35.5. The standard InChI is InChI=1S/C12H17ClO2/c1-2-5-9(14)8-12(15)10-6-3-4-7-11(10)13/h3-4,6-7,9,12,14-15H,2,5,8H2,1H3/t9-,12-/m1/s1. The van der Waals surface area contributed by atoms with Gasteiger partial charge in [0, 0.05) is 11.4 Å². The van der Waals surface area contributed by atoms with Gasteiger partial charge in [-0.15, -0.1) is 0 Å². The Hall–Kier alpha value is -0.570. The minimum atomic E-state index is -0.680. The first-order chi connectivity index (χ1) is 7.15. The molecule has 0 aliphatic rings. The van der Waals surface area contributed by atoms with Crippen molar-refractivity contribution < 1.29 is 10.2 Å². The third kappa shape index (κ3) is 3.82. The van der Waals surface area contributed by atoms with Crippen molar-refractivity contribution in [2.24, 2.45) is 0 Å². The van der Waals surface area contributed by atoms with E-state index >= 15 is 0 Å². The van der Waals surface area contributed by atoms with E-state index in [1.165, 1.54) is 0 Å². The molecule has 0 aromatic heterocycles. The van der Waals surface area contributed by atoms with Gasteiger partial charge < -0.3 is 10.2 Å². The topological polar surface area (TPSA) is 40.5 Å². The van der Waals surface area contributed by atoms with Gasteiger partial charge in [0.2, 0.25) is 0 Å². The smallest absolute Gasteiger partial charge is 0.0829 e. The summed E-state index contributed by atoms with van der Waals surface area (Å²) in [5.74, 6) is 0. The maximum Gasteiger partial charge on any atom is 0.0829 e. The van der Waals surface area contributed by atoms with Crippen LogP contribution in [0, 0.1) is 0 Å². The number of aliphatic hydroxyl groups is 2. The predicted molar refractivity (Wildman–Crippen MR) is 61.9 cm³/mol. The molecule has 0 aliphatic heterocycles. The van der Waals surface area contributed by atoms with E-state index in [1.54, 1.807) is 12.1 Å². The van der Waals surface area contributed by atoms with Gasteiger partial charge in [-0.1, -0.05) is 43.1 Å². The zero-order valence-electron chi connectivity index (χ0n) is 8.86. The molecule has 3 heteroatoms. The summed E-state index contributed by atoms with van der Waals surface area (Å²) in [5.41, 5.74) is 0.689. The summed E-state index contributed by atoms with van der Waals surface area (Å²) < 4.78 is 0. The average Bonchev–Trinajstić information content (AvgIpc) is 2.18. The van der Waals surface area contributed by atoms with Gasteiger partial charge in [-0.3, -0.25) is 0 Å². The van der Waals surface area contributed by atoms with Crippen LogP contribution < -0.4 is 0 Å². The quantitative estimate of drug-likeness (QED) is 0.814. The van der Waals surface area contributed by atoms with E-state index < -0.39 is 12.2 Å². The van der Waals surface area contributed by atoms with Crippen LogP contribution in [0.4, 0.5) is 0 Å². The van der Waals surface area contributed by atoms with E-state index in [0.29, 0.717) is 23.4 Å². The number of rotatable bonds is 5. The Labute approximate surface area is 95.5 Å². The van der Waals surface area contributed by atoms with Crippen molar-refractivity contribution in [2.45, 2.75) is 38.4 Å². The number of halogens is 1. The van der Waals surface area contributed by atoms with Gasteiger partial charge in [-0.05, 0) is 18.1 Å². The van der Waals surface area contributed by atoms with E-state index in [9.17, 15) is 10.2 Å². The summed E-state index contributed by atoms with van der Waals surface area (Å²) in [6, 6.07) is 7.18. The van der Waals surface area contributed by atoms with Crippen LogP contribution in [0.25, 0.3) is 0 Å². The van der Waals surface area contributed by atoms with Gasteiger partial charge in [-0.25, -0.2) is 0 Å². The molecule has 0 heterocycles. The fourth-order valence-electron chi connectivity index (χ4n) is 1.58. The fourth-order valence-corrected chi connectivity index (χ4v) is 1.84. The Balaban J connectivity index is 2.61. The van der Waals surface area contributed by atoms with Gasteiger partial charge >= 0.3 is 0 Å². The molecular formula is C12H17ClO2. The third-order valence-corrected chi connectivity index (χ3v) is 2.73. The van der Waals surface area contributed by atoms with Crippen LogP contribution in [-0.2, 0) is 0 Å². The lowest BCUT2D eigenvalue weighted by molar-refractivity contribution is 0.0752. The molecular weight excluding hydrogens is 212 g/mol. The molecule has 0 fully saturated rings. The molecule has 1 aromatic rings. The van der Waals surface area contributed by atoms with Crippen molar-refractivity contribution in [1.29, 1.82) is 0 Å². The lowest BCUT2D eigenvalue weighted by Crippen LogP contribution is -2.12. The van der Waals surface area contributed by atoms with E-state index in [-0.39, 0.29) is 0 Å². The van der Waals surface area contributed by atoms with Crippen LogP contribution in [0.3, 0.4) is 0 Å². The monoisotopic (exact) mass is 228 g/mol. The molecule has 1 rings (SSSR count). The molecule has 84 valence electrons. The molecule has 0 radical (unpaired) electrons. The van der Waals surface area contributed by atoms with Crippen LogP contribution in [-0.4, -0.2) is 16.3 Å². The highest BCUT2D eigenvalue weighted by Gasteiger charge is 2.15. The molecule has 0 amide bonds. The van der Waals surface area contributed by atoms with Crippen molar-refractivity contribution >= 4 is 11.6 Å². The number of benzene rings is 1. The zero-order valence-corrected chi connectivity index (χ0v) is 9.61. The van der Waals surface area contributed by atoms with Crippen LogP contribution >= 0.6 is 11.6 Å². The number of aliphatic hydroxyl groups excluding tert-OH is 2. The summed E-state index contributed by atoms with van der Waals surface area (Å²) >= 11 is 5.94. The Bertz CT molecular complexity index is 301. The number of hydrogen-bond donors (Lipinski definition) is 2. The molecule has 0 saturated carbocycles. The molecule has 2 N–H and O–H groups in total. The molecule has 0 saturated heterocycles. The molecule has 0 unspecified atom stereocenters. The second kappa shape index (κ2) is 6.11. The van der Waals surface area contributed by atoms with E-state index in [0.717, 1.165) is 6.42 Å². The molecule has 0 bridgehead atoms. The van der Waals surface area contributed by atoms with Crippen molar-refractivity contribution in [3.63, 3.8) is 0 Å².